The van der Waals surface area contributed by atoms with Crippen LogP contribution in [-0.2, 0) is 19.4 Å². The van der Waals surface area contributed by atoms with E-state index >= 15 is 0 Å². The van der Waals surface area contributed by atoms with Crippen LogP contribution < -0.4 is 9.47 Å². The van der Waals surface area contributed by atoms with Crippen molar-refractivity contribution < 1.29 is 13.9 Å². The molecule has 0 N–H and O–H groups in total. The molecular formula is C24H22N4O3S. The van der Waals surface area contributed by atoms with E-state index < -0.39 is 0 Å². The first-order valence-corrected chi connectivity index (χ1v) is 11.7. The summed E-state index contributed by atoms with van der Waals surface area (Å²) in [4.78, 5) is 11.9. The Morgan fingerprint density at radius 2 is 1.84 bits per heavy atom. The Kier molecular flexibility index (Phi) is 4.79. The molecule has 4 aromatic heterocycles. The highest BCUT2D eigenvalue weighted by Gasteiger charge is 2.21. The van der Waals surface area contributed by atoms with Gasteiger partial charge in [0.05, 0.1) is 12.0 Å². The highest BCUT2D eigenvalue weighted by molar-refractivity contribution is 7.19. The van der Waals surface area contributed by atoms with Crippen LogP contribution in [0.1, 0.15) is 36.0 Å². The summed E-state index contributed by atoms with van der Waals surface area (Å²) in [5.74, 6) is 3.48. The van der Waals surface area contributed by atoms with Crippen molar-refractivity contribution in [1.29, 1.82) is 0 Å². The molecule has 0 unspecified atom stereocenters. The smallest absolute Gasteiger partial charge is 0.217 e. The zero-order chi connectivity index (χ0) is 21.5. The molecular weight excluding hydrogens is 424 g/mol. The number of thiophene rings is 1. The summed E-state index contributed by atoms with van der Waals surface area (Å²) >= 11 is 1.79. The maximum atomic E-state index is 5.98. The van der Waals surface area contributed by atoms with Gasteiger partial charge >= 0.3 is 0 Å². The van der Waals surface area contributed by atoms with E-state index in [1.807, 2.05) is 43.3 Å². The van der Waals surface area contributed by atoms with Crippen molar-refractivity contribution in [2.75, 3.05) is 6.61 Å². The Labute approximate surface area is 188 Å². The fourth-order valence-corrected chi connectivity index (χ4v) is 5.41. The average molecular weight is 447 g/mol. The van der Waals surface area contributed by atoms with E-state index in [4.69, 9.17) is 18.9 Å². The molecule has 0 saturated heterocycles. The van der Waals surface area contributed by atoms with Crippen LogP contribution in [0.2, 0.25) is 0 Å². The van der Waals surface area contributed by atoms with Crippen molar-refractivity contribution in [1.82, 2.24) is 19.6 Å². The molecule has 5 aromatic rings. The lowest BCUT2D eigenvalue weighted by atomic mass is 9.97. The number of furan rings is 1. The summed E-state index contributed by atoms with van der Waals surface area (Å²) in [5, 5.41) is 5.77. The SMILES string of the molecule is CCOc1ccc(OCc2ccc(-c3nc4c5c6c(sc5ncn4n3)CCCC6)o2)cc1. The van der Waals surface area contributed by atoms with Gasteiger partial charge in [0, 0.05) is 4.88 Å². The molecule has 0 amide bonds. The number of ether oxygens (including phenoxy) is 2. The first-order chi connectivity index (χ1) is 15.8. The molecule has 0 fully saturated rings. The zero-order valence-corrected chi connectivity index (χ0v) is 18.5. The maximum Gasteiger partial charge on any atom is 0.217 e. The van der Waals surface area contributed by atoms with Crippen molar-refractivity contribution in [3.8, 4) is 23.1 Å². The minimum atomic E-state index is 0.325. The lowest BCUT2D eigenvalue weighted by molar-refractivity contribution is 0.271. The number of aryl methyl sites for hydroxylation is 2. The lowest BCUT2D eigenvalue weighted by Gasteiger charge is -2.09. The first-order valence-electron chi connectivity index (χ1n) is 10.9. The number of rotatable bonds is 6. The molecule has 0 spiro atoms. The molecule has 1 aliphatic rings. The molecule has 0 bridgehead atoms. The summed E-state index contributed by atoms with van der Waals surface area (Å²) in [6.07, 6.45) is 6.44. The third kappa shape index (κ3) is 3.40. The van der Waals surface area contributed by atoms with Gasteiger partial charge in [-0.05, 0) is 74.6 Å². The van der Waals surface area contributed by atoms with Gasteiger partial charge in [-0.2, -0.15) is 0 Å². The number of fused-ring (bicyclic) bond motifs is 5. The zero-order valence-electron chi connectivity index (χ0n) is 17.7. The molecule has 1 aromatic carbocycles. The number of hydrogen-bond acceptors (Lipinski definition) is 7. The largest absolute Gasteiger partial charge is 0.494 e. The lowest BCUT2D eigenvalue weighted by Crippen LogP contribution is -1.99. The molecule has 32 heavy (non-hydrogen) atoms. The van der Waals surface area contributed by atoms with Gasteiger partial charge in [-0.1, -0.05) is 0 Å². The van der Waals surface area contributed by atoms with E-state index in [2.05, 4.69) is 10.1 Å². The van der Waals surface area contributed by atoms with Gasteiger partial charge in [-0.15, -0.1) is 16.4 Å². The minimum Gasteiger partial charge on any atom is -0.494 e. The molecule has 0 saturated carbocycles. The van der Waals surface area contributed by atoms with Crippen LogP contribution >= 0.6 is 11.3 Å². The van der Waals surface area contributed by atoms with Crippen molar-refractivity contribution in [2.45, 2.75) is 39.2 Å². The van der Waals surface area contributed by atoms with Gasteiger partial charge in [0.15, 0.2) is 11.4 Å². The monoisotopic (exact) mass is 446 g/mol. The van der Waals surface area contributed by atoms with Crippen LogP contribution in [0.15, 0.2) is 47.1 Å². The van der Waals surface area contributed by atoms with Crippen LogP contribution in [0.5, 0.6) is 11.5 Å². The van der Waals surface area contributed by atoms with Gasteiger partial charge < -0.3 is 13.9 Å². The molecule has 4 heterocycles. The molecule has 8 heteroatoms. The number of benzene rings is 1. The Morgan fingerprint density at radius 1 is 1.03 bits per heavy atom. The average Bonchev–Trinajstić information content (AvgIpc) is 3.54. The Bertz CT molecular complexity index is 1400. The van der Waals surface area contributed by atoms with Crippen LogP contribution in [0.3, 0.4) is 0 Å². The van der Waals surface area contributed by atoms with Crippen molar-refractivity contribution >= 4 is 27.2 Å². The second-order valence-electron chi connectivity index (χ2n) is 7.80. The Balaban J connectivity index is 1.25. The van der Waals surface area contributed by atoms with E-state index in [0.717, 1.165) is 40.2 Å². The number of nitrogens with zero attached hydrogens (tertiary/aromatic N) is 4. The quantitative estimate of drug-likeness (QED) is 0.345. The predicted molar refractivity (Wildman–Crippen MR) is 122 cm³/mol. The highest BCUT2D eigenvalue weighted by Crippen LogP contribution is 2.37. The van der Waals surface area contributed by atoms with E-state index in [1.165, 1.54) is 23.3 Å². The van der Waals surface area contributed by atoms with Gasteiger partial charge in [0.2, 0.25) is 5.82 Å². The normalized spacial score (nSPS) is 13.5. The molecule has 1 aliphatic carbocycles. The van der Waals surface area contributed by atoms with Crippen molar-refractivity contribution in [3.05, 3.63) is 58.9 Å². The maximum absolute atomic E-state index is 5.98. The molecule has 0 aliphatic heterocycles. The summed E-state index contributed by atoms with van der Waals surface area (Å²) in [6.45, 7) is 2.93. The predicted octanol–water partition coefficient (Wildman–Crippen LogP) is 5.46. The van der Waals surface area contributed by atoms with E-state index in [1.54, 1.807) is 22.2 Å². The fraction of sp³-hybridized carbons (Fsp3) is 0.292. The van der Waals surface area contributed by atoms with Crippen molar-refractivity contribution in [3.63, 3.8) is 0 Å². The third-order valence-electron chi connectivity index (χ3n) is 5.69. The summed E-state index contributed by atoms with van der Waals surface area (Å²) in [6, 6.07) is 11.3. The van der Waals surface area contributed by atoms with E-state index in [9.17, 15) is 0 Å². The molecule has 7 nitrogen and oxygen atoms in total. The Hall–Kier alpha value is -3.39. The topological polar surface area (TPSA) is 74.7 Å². The molecule has 0 atom stereocenters. The van der Waals surface area contributed by atoms with Gasteiger partial charge in [0.25, 0.3) is 0 Å². The summed E-state index contributed by atoms with van der Waals surface area (Å²) < 4.78 is 19.0. The standard InChI is InChI=1S/C24H22N4O3S/c1-2-29-15-7-9-16(10-8-15)30-13-17-11-12-19(31-17)22-26-23-21-18-5-3-4-6-20(18)32-24(21)25-14-28(23)27-22/h7-12,14H,2-6,13H2,1H3. The van der Waals surface area contributed by atoms with Crippen LogP contribution in [-0.4, -0.2) is 26.2 Å². The molecule has 0 radical (unpaired) electrons. The number of hydrogen-bond donors (Lipinski definition) is 0. The second kappa shape index (κ2) is 7.94. The first kappa shape index (κ1) is 19.3. The molecule has 6 rings (SSSR count). The van der Waals surface area contributed by atoms with Crippen LogP contribution in [0.4, 0.5) is 0 Å². The van der Waals surface area contributed by atoms with Gasteiger partial charge in [0.1, 0.15) is 35.0 Å². The third-order valence-corrected chi connectivity index (χ3v) is 6.89. The highest BCUT2D eigenvalue weighted by atomic mass is 32.1. The van der Waals surface area contributed by atoms with Crippen LogP contribution in [0.25, 0.3) is 27.4 Å². The summed E-state index contributed by atoms with van der Waals surface area (Å²) in [7, 11) is 0. The van der Waals surface area contributed by atoms with E-state index in [-0.39, 0.29) is 0 Å². The van der Waals surface area contributed by atoms with Gasteiger partial charge in [-0.25, -0.2) is 14.5 Å². The van der Waals surface area contributed by atoms with Crippen LogP contribution in [0, 0.1) is 0 Å². The fourth-order valence-electron chi connectivity index (χ4n) is 4.19. The minimum absolute atomic E-state index is 0.325. The number of aromatic nitrogens is 4. The van der Waals surface area contributed by atoms with Gasteiger partial charge in [-0.3, -0.25) is 0 Å². The Morgan fingerprint density at radius 3 is 2.69 bits per heavy atom. The van der Waals surface area contributed by atoms with E-state index in [0.29, 0.717) is 30.6 Å². The summed E-state index contributed by atoms with van der Waals surface area (Å²) in [5.41, 5.74) is 2.25. The van der Waals surface area contributed by atoms with Crippen molar-refractivity contribution in [2.24, 2.45) is 0 Å². The second-order valence-corrected chi connectivity index (χ2v) is 8.88. The molecule has 162 valence electrons.